The maximum atomic E-state index is 4.68. The summed E-state index contributed by atoms with van der Waals surface area (Å²) in [6.45, 7) is 3.01. The average molecular weight is 367 g/mol. The Hall–Kier alpha value is -2.91. The number of allylic oxidation sites excluding steroid dienone is 1. The van der Waals surface area contributed by atoms with Gasteiger partial charge >= 0.3 is 0 Å². The number of fused-ring (bicyclic) bond motifs is 3. The van der Waals surface area contributed by atoms with Gasteiger partial charge in [0.1, 0.15) is 0 Å². The zero-order valence-corrected chi connectivity index (χ0v) is 16.1. The van der Waals surface area contributed by atoms with Crippen molar-refractivity contribution in [3.8, 4) is 11.3 Å². The van der Waals surface area contributed by atoms with Crippen LogP contribution in [0.3, 0.4) is 0 Å². The van der Waals surface area contributed by atoms with Gasteiger partial charge in [-0.15, -0.1) is 0 Å². The first-order chi connectivity index (χ1) is 13.9. The maximum absolute atomic E-state index is 4.68. The average Bonchev–Trinajstić information content (AvgIpc) is 3.17. The molecule has 0 bridgehead atoms. The molecule has 2 aromatic carbocycles. The van der Waals surface area contributed by atoms with Gasteiger partial charge in [-0.2, -0.15) is 5.10 Å². The summed E-state index contributed by atoms with van der Waals surface area (Å²) < 4.78 is 0. The summed E-state index contributed by atoms with van der Waals surface area (Å²) >= 11 is 0. The smallest absolute Gasteiger partial charge is 0.0801 e. The minimum absolute atomic E-state index is 0.931. The van der Waals surface area contributed by atoms with Crippen molar-refractivity contribution >= 4 is 6.08 Å². The summed E-state index contributed by atoms with van der Waals surface area (Å²) in [5.74, 6) is 0. The van der Waals surface area contributed by atoms with Crippen LogP contribution in [0.4, 0.5) is 0 Å². The number of aromatic amines is 1. The number of hydrogen-bond donors (Lipinski definition) is 1. The number of benzene rings is 2. The monoisotopic (exact) mass is 367 g/mol. The molecule has 0 atom stereocenters. The number of hydrogen-bond acceptors (Lipinski definition) is 2. The number of rotatable bonds is 4. The zero-order chi connectivity index (χ0) is 18.8. The molecule has 0 radical (unpaired) electrons. The highest BCUT2D eigenvalue weighted by Gasteiger charge is 2.23. The van der Waals surface area contributed by atoms with Crippen LogP contribution in [0.25, 0.3) is 17.3 Å². The van der Waals surface area contributed by atoms with E-state index in [-0.39, 0.29) is 0 Å². The first kappa shape index (κ1) is 17.2. The molecule has 0 saturated heterocycles. The third-order valence-corrected chi connectivity index (χ3v) is 5.88. The predicted octanol–water partition coefficient (Wildman–Crippen LogP) is 5.02. The molecule has 0 fully saturated rings. The molecule has 0 spiro atoms. The lowest BCUT2D eigenvalue weighted by molar-refractivity contribution is 0.283. The van der Waals surface area contributed by atoms with Gasteiger partial charge in [-0.25, -0.2) is 0 Å². The van der Waals surface area contributed by atoms with Crippen molar-refractivity contribution in [2.24, 2.45) is 0 Å². The predicted molar refractivity (Wildman–Crippen MR) is 115 cm³/mol. The number of nitrogens with one attached hydrogen (secondary N) is 1. The fourth-order valence-electron chi connectivity index (χ4n) is 4.27. The SMILES string of the molecule is C(=Cc1ccccc1)C1=CCN(Cc2n[nH]c3c2CCc2ccccc2-3)CC1. The van der Waals surface area contributed by atoms with E-state index in [1.165, 1.54) is 39.2 Å². The van der Waals surface area contributed by atoms with Crippen LogP contribution in [-0.2, 0) is 19.4 Å². The van der Waals surface area contributed by atoms with Crippen molar-refractivity contribution in [3.63, 3.8) is 0 Å². The van der Waals surface area contributed by atoms with Crippen molar-refractivity contribution in [2.45, 2.75) is 25.8 Å². The van der Waals surface area contributed by atoms with Gasteiger partial charge < -0.3 is 0 Å². The molecule has 1 N–H and O–H groups in total. The zero-order valence-electron chi connectivity index (χ0n) is 16.1. The number of H-pyrrole nitrogens is 1. The lowest BCUT2D eigenvalue weighted by atomic mass is 9.89. The van der Waals surface area contributed by atoms with Gasteiger partial charge in [0, 0.05) is 30.8 Å². The second-order valence-electron chi connectivity index (χ2n) is 7.69. The van der Waals surface area contributed by atoms with E-state index in [0.29, 0.717) is 0 Å². The molecule has 2 heterocycles. The Morgan fingerprint density at radius 2 is 1.79 bits per heavy atom. The molecule has 140 valence electrons. The van der Waals surface area contributed by atoms with Gasteiger partial charge in [0.2, 0.25) is 0 Å². The van der Waals surface area contributed by atoms with Gasteiger partial charge in [-0.1, -0.05) is 72.8 Å². The van der Waals surface area contributed by atoms with E-state index >= 15 is 0 Å². The van der Waals surface area contributed by atoms with Crippen LogP contribution < -0.4 is 0 Å². The van der Waals surface area contributed by atoms with Gasteiger partial charge in [-0.3, -0.25) is 10.00 Å². The fourth-order valence-corrected chi connectivity index (χ4v) is 4.27. The van der Waals surface area contributed by atoms with E-state index in [4.69, 9.17) is 0 Å². The molecule has 3 aromatic rings. The summed E-state index contributed by atoms with van der Waals surface area (Å²) in [6, 6.07) is 19.2. The van der Waals surface area contributed by atoms with Gasteiger partial charge in [-0.05, 0) is 36.0 Å². The van der Waals surface area contributed by atoms with E-state index in [0.717, 1.165) is 38.9 Å². The van der Waals surface area contributed by atoms with Crippen LogP contribution in [0, 0.1) is 0 Å². The third-order valence-electron chi connectivity index (χ3n) is 5.88. The van der Waals surface area contributed by atoms with E-state index in [1.807, 2.05) is 0 Å². The molecule has 3 heteroatoms. The van der Waals surface area contributed by atoms with Crippen LogP contribution in [0.2, 0.25) is 0 Å². The molecule has 0 unspecified atom stereocenters. The molecule has 1 aromatic heterocycles. The summed E-state index contributed by atoms with van der Waals surface area (Å²) in [5.41, 5.74) is 9.32. The topological polar surface area (TPSA) is 31.9 Å². The molecule has 2 aliphatic rings. The maximum Gasteiger partial charge on any atom is 0.0801 e. The molecule has 3 nitrogen and oxygen atoms in total. The van der Waals surface area contributed by atoms with E-state index in [9.17, 15) is 0 Å². The van der Waals surface area contributed by atoms with Gasteiger partial charge in [0.25, 0.3) is 0 Å². The summed E-state index contributed by atoms with van der Waals surface area (Å²) in [5, 5.41) is 8.00. The minimum atomic E-state index is 0.931. The molecule has 0 amide bonds. The number of aryl methyl sites for hydroxylation is 1. The summed E-state index contributed by atoms with van der Waals surface area (Å²) in [6.07, 6.45) is 10.1. The Morgan fingerprint density at radius 3 is 2.64 bits per heavy atom. The summed E-state index contributed by atoms with van der Waals surface area (Å²) in [7, 11) is 0. The minimum Gasteiger partial charge on any atom is -0.293 e. The molecule has 0 saturated carbocycles. The molecular weight excluding hydrogens is 342 g/mol. The molecule has 1 aliphatic carbocycles. The second-order valence-corrected chi connectivity index (χ2v) is 7.69. The van der Waals surface area contributed by atoms with Crippen LogP contribution in [-0.4, -0.2) is 28.2 Å². The van der Waals surface area contributed by atoms with Crippen LogP contribution >= 0.6 is 0 Å². The van der Waals surface area contributed by atoms with Crippen molar-refractivity contribution < 1.29 is 0 Å². The van der Waals surface area contributed by atoms with Crippen LogP contribution in [0.5, 0.6) is 0 Å². The quantitative estimate of drug-likeness (QED) is 0.702. The van der Waals surface area contributed by atoms with E-state index < -0.39 is 0 Å². The normalized spacial score (nSPS) is 16.6. The highest BCUT2D eigenvalue weighted by molar-refractivity contribution is 5.70. The lowest BCUT2D eigenvalue weighted by Gasteiger charge is -2.25. The highest BCUT2D eigenvalue weighted by Crippen LogP contribution is 2.33. The fraction of sp³-hybridized carbons (Fsp3) is 0.240. The van der Waals surface area contributed by atoms with Gasteiger partial charge in [0.15, 0.2) is 0 Å². The molecular formula is C25H25N3. The van der Waals surface area contributed by atoms with Crippen molar-refractivity contribution in [2.75, 3.05) is 13.1 Å². The Morgan fingerprint density at radius 1 is 0.929 bits per heavy atom. The second kappa shape index (κ2) is 7.61. The Balaban J connectivity index is 1.26. The highest BCUT2D eigenvalue weighted by atomic mass is 15.2. The van der Waals surface area contributed by atoms with Crippen molar-refractivity contribution in [1.82, 2.24) is 15.1 Å². The first-order valence-electron chi connectivity index (χ1n) is 10.2. The third kappa shape index (κ3) is 3.46. The van der Waals surface area contributed by atoms with E-state index in [2.05, 4.69) is 87.9 Å². The standard InChI is InChI=1S/C25H25N3/c1-2-6-19(7-3-1)10-11-20-14-16-28(17-15-20)18-24-23-13-12-21-8-4-5-9-22(21)25(23)27-26-24/h1-11,14H,12-13,15-18H2,(H,26,27). The Kier molecular flexibility index (Phi) is 4.67. The van der Waals surface area contributed by atoms with Crippen LogP contribution in [0.15, 0.2) is 72.3 Å². The molecule has 1 aliphatic heterocycles. The van der Waals surface area contributed by atoms with E-state index in [1.54, 1.807) is 0 Å². The molecule has 28 heavy (non-hydrogen) atoms. The largest absolute Gasteiger partial charge is 0.293 e. The molecule has 5 rings (SSSR count). The Labute approximate surface area is 166 Å². The lowest BCUT2D eigenvalue weighted by Crippen LogP contribution is -2.28. The number of nitrogens with zero attached hydrogens (tertiary/aromatic N) is 2. The van der Waals surface area contributed by atoms with Gasteiger partial charge in [0.05, 0.1) is 11.4 Å². The van der Waals surface area contributed by atoms with Crippen molar-refractivity contribution in [1.29, 1.82) is 0 Å². The van der Waals surface area contributed by atoms with Crippen molar-refractivity contribution in [3.05, 3.63) is 94.7 Å². The number of aromatic nitrogens is 2. The first-order valence-corrected chi connectivity index (χ1v) is 10.2. The van der Waals surface area contributed by atoms with Crippen LogP contribution in [0.1, 0.15) is 28.8 Å². The Bertz CT molecular complexity index is 1030. The summed E-state index contributed by atoms with van der Waals surface area (Å²) in [4.78, 5) is 2.50.